The fourth-order valence-electron chi connectivity index (χ4n) is 5.28. The van der Waals surface area contributed by atoms with Crippen LogP contribution >= 0.6 is 0 Å². The van der Waals surface area contributed by atoms with Crippen LogP contribution < -0.4 is 15.5 Å². The highest BCUT2D eigenvalue weighted by Crippen LogP contribution is 2.36. The van der Waals surface area contributed by atoms with E-state index in [1.807, 2.05) is 24.3 Å². The number of nitrogens with zero attached hydrogens (tertiary/aromatic N) is 3. The van der Waals surface area contributed by atoms with Crippen molar-refractivity contribution in [2.75, 3.05) is 30.4 Å². The Morgan fingerprint density at radius 3 is 2.41 bits per heavy atom. The summed E-state index contributed by atoms with van der Waals surface area (Å²) in [6.45, 7) is 3.47. The SMILES string of the molecule is Cc1ccc(NC(=O)NC2N=C(N3CC4CCC(CC4)C3)c3ccccc3N(C)C2=O)cc1F. The molecule has 4 aliphatic rings. The predicted molar refractivity (Wildman–Crippen MR) is 130 cm³/mol. The molecule has 1 unspecified atom stereocenters. The van der Waals surface area contributed by atoms with Gasteiger partial charge in [0, 0.05) is 31.4 Å². The van der Waals surface area contributed by atoms with Gasteiger partial charge in [-0.1, -0.05) is 18.2 Å². The Hall–Kier alpha value is -3.42. The van der Waals surface area contributed by atoms with Gasteiger partial charge in [-0.05, 0) is 74.3 Å². The van der Waals surface area contributed by atoms with E-state index in [9.17, 15) is 14.0 Å². The topological polar surface area (TPSA) is 77.0 Å². The van der Waals surface area contributed by atoms with Gasteiger partial charge in [-0.2, -0.15) is 0 Å². The van der Waals surface area contributed by atoms with Crippen LogP contribution in [-0.4, -0.2) is 49.0 Å². The number of benzodiazepines with no additional fused rings is 1. The fourth-order valence-corrected chi connectivity index (χ4v) is 5.28. The smallest absolute Gasteiger partial charge is 0.321 e. The third kappa shape index (κ3) is 4.36. The summed E-state index contributed by atoms with van der Waals surface area (Å²) in [5.41, 5.74) is 2.47. The monoisotopic (exact) mass is 463 g/mol. The number of carbonyl (C=O) groups excluding carboxylic acids is 2. The first-order chi connectivity index (χ1) is 16.4. The number of halogens is 1. The number of amidine groups is 1. The summed E-state index contributed by atoms with van der Waals surface area (Å²) in [6.07, 6.45) is 3.82. The Morgan fingerprint density at radius 2 is 1.74 bits per heavy atom. The number of amides is 3. The Kier molecular flexibility index (Phi) is 5.98. The van der Waals surface area contributed by atoms with E-state index in [1.54, 1.807) is 31.0 Å². The van der Waals surface area contributed by atoms with Crippen molar-refractivity contribution in [3.8, 4) is 0 Å². The second kappa shape index (κ2) is 9.08. The summed E-state index contributed by atoms with van der Waals surface area (Å²) in [6, 6.07) is 11.6. The van der Waals surface area contributed by atoms with Crippen LogP contribution in [0.15, 0.2) is 47.5 Å². The summed E-state index contributed by atoms with van der Waals surface area (Å²) < 4.78 is 13.9. The van der Waals surface area contributed by atoms with Crippen LogP contribution in [0.3, 0.4) is 0 Å². The zero-order valence-corrected chi connectivity index (χ0v) is 19.6. The molecule has 34 heavy (non-hydrogen) atoms. The van der Waals surface area contributed by atoms with Gasteiger partial charge in [0.1, 0.15) is 11.7 Å². The molecule has 2 aromatic rings. The number of aryl methyl sites for hydroxylation is 1. The molecular weight excluding hydrogens is 433 g/mol. The van der Waals surface area contributed by atoms with Crippen molar-refractivity contribution in [2.45, 2.75) is 38.8 Å². The van der Waals surface area contributed by atoms with Gasteiger partial charge in [-0.15, -0.1) is 0 Å². The number of carbonyl (C=O) groups is 2. The van der Waals surface area contributed by atoms with Crippen molar-refractivity contribution in [3.05, 3.63) is 59.4 Å². The zero-order valence-electron chi connectivity index (χ0n) is 19.6. The van der Waals surface area contributed by atoms with E-state index in [0.717, 1.165) is 30.2 Å². The number of fused-ring (bicyclic) bond motifs is 5. The lowest BCUT2D eigenvalue weighted by Gasteiger charge is -2.27. The number of urea groups is 1. The van der Waals surface area contributed by atoms with Gasteiger partial charge in [0.05, 0.1) is 5.69 Å². The van der Waals surface area contributed by atoms with Gasteiger partial charge < -0.3 is 20.4 Å². The average Bonchev–Trinajstić information content (AvgIpc) is 3.20. The minimum atomic E-state index is -1.09. The highest BCUT2D eigenvalue weighted by Gasteiger charge is 2.36. The molecular formula is C26H30FN5O2. The summed E-state index contributed by atoms with van der Waals surface area (Å²) in [5, 5.41) is 5.32. The average molecular weight is 464 g/mol. The number of para-hydroxylation sites is 1. The van der Waals surface area contributed by atoms with Gasteiger partial charge in [0.15, 0.2) is 0 Å². The van der Waals surface area contributed by atoms with Crippen LogP contribution in [0, 0.1) is 24.6 Å². The molecule has 1 atom stereocenters. The number of rotatable bonds is 2. The molecule has 1 saturated carbocycles. The Labute approximate surface area is 199 Å². The van der Waals surface area contributed by atoms with Crippen molar-refractivity contribution in [1.29, 1.82) is 0 Å². The highest BCUT2D eigenvalue weighted by atomic mass is 19.1. The molecule has 2 aromatic carbocycles. The molecule has 0 radical (unpaired) electrons. The quantitative estimate of drug-likeness (QED) is 0.703. The molecule has 0 spiro atoms. The standard InChI is InChI=1S/C26H30FN5O2/c1-16-7-12-19(13-21(16)27)28-26(34)30-23-25(33)31(2)22-6-4-3-5-20(22)24(29-23)32-14-17-8-9-18(15-32)11-10-17/h3-7,12-13,17-18,23H,8-11,14-15H2,1-2H3,(H2,28,30,34). The van der Waals surface area contributed by atoms with Crippen molar-refractivity contribution < 1.29 is 14.0 Å². The molecule has 0 aromatic heterocycles. The molecule has 7 nitrogen and oxygen atoms in total. The van der Waals surface area contributed by atoms with Crippen molar-refractivity contribution >= 4 is 29.1 Å². The highest BCUT2D eigenvalue weighted by molar-refractivity contribution is 6.12. The number of benzene rings is 2. The minimum Gasteiger partial charge on any atom is -0.356 e. The lowest BCUT2D eigenvalue weighted by atomic mass is 9.84. The first-order valence-corrected chi connectivity index (χ1v) is 11.9. The molecule has 6 rings (SSSR count). The van der Waals surface area contributed by atoms with E-state index in [1.165, 1.54) is 31.7 Å². The van der Waals surface area contributed by atoms with Gasteiger partial charge in [0.25, 0.3) is 5.91 Å². The maximum atomic E-state index is 13.9. The molecule has 178 valence electrons. The summed E-state index contributed by atoms with van der Waals surface area (Å²) >= 11 is 0. The second-order valence-electron chi connectivity index (χ2n) is 9.62. The normalized spacial score (nSPS) is 24.1. The maximum Gasteiger partial charge on any atom is 0.321 e. The second-order valence-corrected chi connectivity index (χ2v) is 9.62. The van der Waals surface area contributed by atoms with E-state index < -0.39 is 18.0 Å². The van der Waals surface area contributed by atoms with Crippen LogP contribution in [0.4, 0.5) is 20.6 Å². The number of aliphatic imine (C=N–C) groups is 1. The Bertz CT molecular complexity index is 1130. The lowest BCUT2D eigenvalue weighted by Crippen LogP contribution is -2.47. The van der Waals surface area contributed by atoms with Crippen LogP contribution in [0.2, 0.25) is 0 Å². The third-order valence-electron chi connectivity index (χ3n) is 7.24. The molecule has 3 heterocycles. The first-order valence-electron chi connectivity index (χ1n) is 11.9. The van der Waals surface area contributed by atoms with E-state index in [0.29, 0.717) is 23.1 Å². The first kappa shape index (κ1) is 22.4. The van der Waals surface area contributed by atoms with Gasteiger partial charge in [-0.3, -0.25) is 4.79 Å². The maximum absolute atomic E-state index is 13.9. The van der Waals surface area contributed by atoms with Crippen molar-refractivity contribution in [3.63, 3.8) is 0 Å². The molecule has 8 heteroatoms. The predicted octanol–water partition coefficient (Wildman–Crippen LogP) is 4.13. The van der Waals surface area contributed by atoms with Crippen molar-refractivity contribution in [1.82, 2.24) is 10.2 Å². The summed E-state index contributed by atoms with van der Waals surface area (Å²) in [4.78, 5) is 34.8. The molecule has 1 aliphatic carbocycles. The van der Waals surface area contributed by atoms with Crippen LogP contribution in [0.5, 0.6) is 0 Å². The molecule has 3 amide bonds. The largest absolute Gasteiger partial charge is 0.356 e. The summed E-state index contributed by atoms with van der Waals surface area (Å²) in [7, 11) is 1.70. The molecule has 2 saturated heterocycles. The molecule has 2 N–H and O–H groups in total. The van der Waals surface area contributed by atoms with Gasteiger partial charge >= 0.3 is 6.03 Å². The van der Waals surface area contributed by atoms with Gasteiger partial charge in [0.2, 0.25) is 6.17 Å². The Balaban J connectivity index is 1.45. The van der Waals surface area contributed by atoms with Gasteiger partial charge in [-0.25, -0.2) is 14.2 Å². The molecule has 2 bridgehead atoms. The Morgan fingerprint density at radius 1 is 1.06 bits per heavy atom. The van der Waals surface area contributed by atoms with E-state index in [-0.39, 0.29) is 5.91 Å². The number of nitrogens with one attached hydrogen (secondary N) is 2. The number of likely N-dealkylation sites (N-methyl/N-ethyl adjacent to an activating group) is 1. The summed E-state index contributed by atoms with van der Waals surface area (Å²) in [5.74, 6) is 1.26. The van der Waals surface area contributed by atoms with E-state index >= 15 is 0 Å². The number of hydrogen-bond donors (Lipinski definition) is 2. The molecule has 3 fully saturated rings. The van der Waals surface area contributed by atoms with Crippen LogP contribution in [0.25, 0.3) is 0 Å². The van der Waals surface area contributed by atoms with E-state index in [4.69, 9.17) is 4.99 Å². The fraction of sp³-hybridized carbons (Fsp3) is 0.423. The van der Waals surface area contributed by atoms with Crippen LogP contribution in [-0.2, 0) is 4.79 Å². The van der Waals surface area contributed by atoms with Crippen LogP contribution in [0.1, 0.15) is 36.8 Å². The third-order valence-corrected chi connectivity index (χ3v) is 7.24. The van der Waals surface area contributed by atoms with Crippen molar-refractivity contribution in [2.24, 2.45) is 16.8 Å². The van der Waals surface area contributed by atoms with E-state index in [2.05, 4.69) is 15.5 Å². The minimum absolute atomic E-state index is 0.312. The lowest BCUT2D eigenvalue weighted by molar-refractivity contribution is -0.119. The zero-order chi connectivity index (χ0) is 23.8. The number of hydrogen-bond acceptors (Lipinski definition) is 4. The molecule has 3 aliphatic heterocycles. The number of anilines is 2.